The Morgan fingerprint density at radius 3 is 2.50 bits per heavy atom. The SMILES string of the molecule is CCCc1c(C)nc(Cl)c2c1C(=O)OC2N(CC)CC. The van der Waals surface area contributed by atoms with Crippen molar-refractivity contribution in [2.75, 3.05) is 13.1 Å². The molecule has 1 unspecified atom stereocenters. The quantitative estimate of drug-likeness (QED) is 0.616. The number of esters is 1. The Balaban J connectivity index is 2.59. The van der Waals surface area contributed by atoms with Gasteiger partial charge in [0.2, 0.25) is 0 Å². The molecule has 0 amide bonds. The van der Waals surface area contributed by atoms with Crippen molar-refractivity contribution in [2.45, 2.75) is 46.8 Å². The topological polar surface area (TPSA) is 42.4 Å². The molecule has 1 atom stereocenters. The number of aryl methyl sites for hydroxylation is 1. The van der Waals surface area contributed by atoms with Crippen LogP contribution in [0.4, 0.5) is 0 Å². The van der Waals surface area contributed by atoms with Crippen LogP contribution in [0.3, 0.4) is 0 Å². The van der Waals surface area contributed by atoms with Crippen LogP contribution in [0.1, 0.15) is 60.6 Å². The van der Waals surface area contributed by atoms with E-state index in [4.69, 9.17) is 16.3 Å². The Labute approximate surface area is 125 Å². The molecular formula is C15H21ClN2O2. The van der Waals surface area contributed by atoms with Gasteiger partial charge in [-0.2, -0.15) is 0 Å². The second kappa shape index (κ2) is 6.10. The van der Waals surface area contributed by atoms with Gasteiger partial charge in [0.05, 0.1) is 11.1 Å². The first-order valence-corrected chi connectivity index (χ1v) is 7.56. The van der Waals surface area contributed by atoms with Gasteiger partial charge < -0.3 is 4.74 Å². The molecule has 5 heteroatoms. The van der Waals surface area contributed by atoms with E-state index < -0.39 is 6.23 Å². The van der Waals surface area contributed by atoms with E-state index in [2.05, 4.69) is 16.8 Å². The molecule has 2 heterocycles. The number of cyclic esters (lactones) is 1. The molecule has 0 saturated heterocycles. The molecule has 20 heavy (non-hydrogen) atoms. The number of hydrogen-bond acceptors (Lipinski definition) is 4. The summed E-state index contributed by atoms with van der Waals surface area (Å²) in [4.78, 5) is 18.8. The standard InChI is InChI=1S/C15H21ClN2O2/c1-5-8-10-9(4)17-13(16)12-11(10)15(19)20-14(12)18(6-2)7-3/h14H,5-8H2,1-4H3. The van der Waals surface area contributed by atoms with Crippen molar-refractivity contribution in [1.82, 2.24) is 9.88 Å². The molecule has 1 aromatic rings. The average Bonchev–Trinajstić information content (AvgIpc) is 2.74. The molecule has 0 bridgehead atoms. The van der Waals surface area contributed by atoms with Gasteiger partial charge in [-0.05, 0) is 32.0 Å². The van der Waals surface area contributed by atoms with Crippen LogP contribution < -0.4 is 0 Å². The highest BCUT2D eigenvalue weighted by Gasteiger charge is 2.39. The van der Waals surface area contributed by atoms with Crippen LogP contribution in [0.5, 0.6) is 0 Å². The number of rotatable bonds is 5. The Morgan fingerprint density at radius 2 is 1.95 bits per heavy atom. The second-order valence-electron chi connectivity index (χ2n) is 4.98. The molecule has 2 rings (SSSR count). The van der Waals surface area contributed by atoms with E-state index in [0.717, 1.165) is 42.8 Å². The predicted octanol–water partition coefficient (Wildman–Crippen LogP) is 3.51. The van der Waals surface area contributed by atoms with Gasteiger partial charge >= 0.3 is 5.97 Å². The van der Waals surface area contributed by atoms with Crippen LogP contribution >= 0.6 is 11.6 Å². The third-order valence-corrected chi connectivity index (χ3v) is 4.10. The molecule has 0 N–H and O–H groups in total. The molecule has 0 fully saturated rings. The van der Waals surface area contributed by atoms with E-state index in [9.17, 15) is 4.79 Å². The van der Waals surface area contributed by atoms with Crippen molar-refractivity contribution in [3.05, 3.63) is 27.5 Å². The molecule has 0 saturated carbocycles. The molecule has 1 aromatic heterocycles. The fourth-order valence-corrected chi connectivity index (χ4v) is 3.08. The molecule has 0 aromatic carbocycles. The molecule has 1 aliphatic rings. The maximum Gasteiger partial charge on any atom is 0.340 e. The lowest BCUT2D eigenvalue weighted by atomic mass is 9.98. The largest absolute Gasteiger partial charge is 0.438 e. The van der Waals surface area contributed by atoms with E-state index in [-0.39, 0.29) is 5.97 Å². The lowest BCUT2D eigenvalue weighted by Gasteiger charge is -2.25. The summed E-state index contributed by atoms with van der Waals surface area (Å²) in [6, 6.07) is 0. The highest BCUT2D eigenvalue weighted by Crippen LogP contribution is 2.40. The van der Waals surface area contributed by atoms with Gasteiger partial charge in [0.15, 0.2) is 6.23 Å². The van der Waals surface area contributed by atoms with Crippen molar-refractivity contribution < 1.29 is 9.53 Å². The van der Waals surface area contributed by atoms with Crippen LogP contribution in [-0.2, 0) is 11.2 Å². The lowest BCUT2D eigenvalue weighted by molar-refractivity contribution is -0.0190. The smallest absolute Gasteiger partial charge is 0.340 e. The third kappa shape index (κ3) is 2.42. The summed E-state index contributed by atoms with van der Waals surface area (Å²) in [6.07, 6.45) is 1.38. The van der Waals surface area contributed by atoms with Crippen LogP contribution in [0.15, 0.2) is 0 Å². The number of ether oxygens (including phenoxy) is 1. The summed E-state index contributed by atoms with van der Waals surface area (Å²) in [7, 11) is 0. The number of carbonyl (C=O) groups excluding carboxylic acids is 1. The first-order chi connectivity index (χ1) is 9.54. The summed E-state index contributed by atoms with van der Waals surface area (Å²) in [5.74, 6) is -0.271. The molecule has 1 aliphatic heterocycles. The van der Waals surface area contributed by atoms with Crippen molar-refractivity contribution in [3.63, 3.8) is 0 Å². The Hall–Kier alpha value is -1.13. The minimum atomic E-state index is -0.399. The molecule has 0 aliphatic carbocycles. The van der Waals surface area contributed by atoms with Crippen molar-refractivity contribution >= 4 is 17.6 Å². The lowest BCUT2D eigenvalue weighted by Crippen LogP contribution is -2.28. The Kier molecular flexibility index (Phi) is 4.66. The van der Waals surface area contributed by atoms with E-state index in [1.54, 1.807) is 0 Å². The number of pyridine rings is 1. The van der Waals surface area contributed by atoms with Crippen LogP contribution in [0, 0.1) is 6.92 Å². The summed E-state index contributed by atoms with van der Waals surface area (Å²) >= 11 is 6.30. The molecular weight excluding hydrogens is 276 g/mol. The van der Waals surface area contributed by atoms with Crippen LogP contribution in [0.25, 0.3) is 0 Å². The highest BCUT2D eigenvalue weighted by molar-refractivity contribution is 6.31. The highest BCUT2D eigenvalue weighted by atomic mass is 35.5. The van der Waals surface area contributed by atoms with Gasteiger partial charge in [0.1, 0.15) is 5.15 Å². The van der Waals surface area contributed by atoms with Crippen LogP contribution in [-0.4, -0.2) is 28.9 Å². The number of halogens is 1. The van der Waals surface area contributed by atoms with Crippen molar-refractivity contribution in [3.8, 4) is 0 Å². The minimum absolute atomic E-state index is 0.271. The number of aromatic nitrogens is 1. The molecule has 110 valence electrons. The predicted molar refractivity (Wildman–Crippen MR) is 79.1 cm³/mol. The summed E-state index contributed by atoms with van der Waals surface area (Å²) in [5.41, 5.74) is 3.19. The maximum atomic E-state index is 12.3. The minimum Gasteiger partial charge on any atom is -0.438 e. The van der Waals surface area contributed by atoms with E-state index in [1.807, 2.05) is 20.8 Å². The van der Waals surface area contributed by atoms with E-state index >= 15 is 0 Å². The number of carbonyl (C=O) groups is 1. The third-order valence-electron chi connectivity index (χ3n) is 3.81. The fraction of sp³-hybridized carbons (Fsp3) is 0.600. The summed E-state index contributed by atoms with van der Waals surface area (Å²) in [6.45, 7) is 9.65. The van der Waals surface area contributed by atoms with Gasteiger partial charge in [0, 0.05) is 5.69 Å². The summed E-state index contributed by atoms with van der Waals surface area (Å²) in [5, 5.41) is 0.389. The first-order valence-electron chi connectivity index (χ1n) is 7.18. The maximum absolute atomic E-state index is 12.3. The van der Waals surface area contributed by atoms with E-state index in [0.29, 0.717) is 10.7 Å². The number of hydrogen-bond donors (Lipinski definition) is 0. The van der Waals surface area contributed by atoms with Gasteiger partial charge in [-0.25, -0.2) is 9.78 Å². The van der Waals surface area contributed by atoms with E-state index in [1.165, 1.54) is 0 Å². The zero-order valence-electron chi connectivity index (χ0n) is 12.5. The van der Waals surface area contributed by atoms with Crippen LogP contribution in [0.2, 0.25) is 5.15 Å². The Morgan fingerprint density at radius 1 is 1.30 bits per heavy atom. The molecule has 4 nitrogen and oxygen atoms in total. The summed E-state index contributed by atoms with van der Waals surface area (Å²) < 4.78 is 5.56. The zero-order valence-corrected chi connectivity index (χ0v) is 13.3. The van der Waals surface area contributed by atoms with Gasteiger partial charge in [0.25, 0.3) is 0 Å². The van der Waals surface area contributed by atoms with Crippen molar-refractivity contribution in [2.24, 2.45) is 0 Å². The van der Waals surface area contributed by atoms with Gasteiger partial charge in [-0.15, -0.1) is 0 Å². The molecule has 0 spiro atoms. The normalized spacial score (nSPS) is 17.5. The average molecular weight is 297 g/mol. The number of nitrogens with zero attached hydrogens (tertiary/aromatic N) is 2. The zero-order chi connectivity index (χ0) is 14.9. The molecule has 0 radical (unpaired) electrons. The number of fused-ring (bicyclic) bond motifs is 1. The fourth-order valence-electron chi connectivity index (χ4n) is 2.77. The van der Waals surface area contributed by atoms with Gasteiger partial charge in [-0.3, -0.25) is 4.90 Å². The monoisotopic (exact) mass is 296 g/mol. The Bertz CT molecular complexity index is 527. The second-order valence-corrected chi connectivity index (χ2v) is 5.34. The van der Waals surface area contributed by atoms with Gasteiger partial charge in [-0.1, -0.05) is 38.8 Å². The first kappa shape index (κ1) is 15.3. The van der Waals surface area contributed by atoms with Crippen molar-refractivity contribution in [1.29, 1.82) is 0 Å².